The number of hydrogen-bond acceptors (Lipinski definition) is 8. The van der Waals surface area contributed by atoms with Crippen molar-refractivity contribution in [1.29, 1.82) is 0 Å². The minimum atomic E-state index is -0.578. The summed E-state index contributed by atoms with van der Waals surface area (Å²) in [5, 5.41) is 0. The van der Waals surface area contributed by atoms with Crippen molar-refractivity contribution in [3.8, 4) is 22.4 Å². The third-order valence-corrected chi connectivity index (χ3v) is 13.6. The predicted molar refractivity (Wildman–Crippen MR) is 255 cm³/mol. The number of aromatic amines is 1. The molecule has 1 N–H and O–H groups in total. The molecule has 0 bridgehead atoms. The van der Waals surface area contributed by atoms with Gasteiger partial charge < -0.3 is 29.3 Å². The smallest absolute Gasteiger partial charge is 0.245 e. The van der Waals surface area contributed by atoms with Crippen LogP contribution in [-0.4, -0.2) is 136 Å². The first-order valence-electron chi connectivity index (χ1n) is 23.1. The number of carbonyl (C=O) groups is 4. The van der Waals surface area contributed by atoms with Crippen molar-refractivity contribution in [3.63, 3.8) is 0 Å². The van der Waals surface area contributed by atoms with Crippen LogP contribution in [0, 0.1) is 0 Å². The van der Waals surface area contributed by atoms with Crippen molar-refractivity contribution < 1.29 is 23.9 Å². The molecule has 13 heteroatoms. The van der Waals surface area contributed by atoms with E-state index in [2.05, 4.69) is 53.5 Å². The second kappa shape index (κ2) is 19.8. The predicted octanol–water partition coefficient (Wildman–Crippen LogP) is 6.99. The van der Waals surface area contributed by atoms with E-state index in [9.17, 15) is 19.2 Å². The van der Waals surface area contributed by atoms with Crippen LogP contribution in [0.1, 0.15) is 73.1 Å². The first-order chi connectivity index (χ1) is 32.1. The summed E-state index contributed by atoms with van der Waals surface area (Å²) in [4.78, 5) is 77.3. The van der Waals surface area contributed by atoms with E-state index < -0.39 is 12.0 Å². The van der Waals surface area contributed by atoms with Gasteiger partial charge in [-0.1, -0.05) is 109 Å². The Kier molecular flexibility index (Phi) is 13.4. The first kappa shape index (κ1) is 44.5. The highest BCUT2D eigenvalue weighted by Crippen LogP contribution is 2.37. The number of morpholine rings is 1. The molecule has 5 heterocycles. The molecular formula is C53H58N8O5. The summed E-state index contributed by atoms with van der Waals surface area (Å²) in [7, 11) is 3.85. The highest BCUT2D eigenvalue weighted by molar-refractivity contribution is 6.04. The normalized spacial score (nSPS) is 19.7. The number of nitrogens with zero attached hydrogens (tertiary/aromatic N) is 7. The molecule has 340 valence electrons. The second-order valence-electron chi connectivity index (χ2n) is 17.9. The van der Waals surface area contributed by atoms with Crippen LogP contribution in [0.25, 0.3) is 28.0 Å². The molecule has 3 fully saturated rings. The molecule has 4 aliphatic rings. The van der Waals surface area contributed by atoms with Gasteiger partial charge in [-0.3, -0.25) is 29.1 Å². The fourth-order valence-corrected chi connectivity index (χ4v) is 9.94. The number of benzene rings is 4. The number of amides is 4. The van der Waals surface area contributed by atoms with Crippen LogP contribution in [0.2, 0.25) is 0 Å². The molecule has 4 aromatic carbocycles. The van der Waals surface area contributed by atoms with Crippen LogP contribution in [0.15, 0.2) is 127 Å². The van der Waals surface area contributed by atoms with Crippen molar-refractivity contribution >= 4 is 34.9 Å². The quantitative estimate of drug-likeness (QED) is 0.143. The third kappa shape index (κ3) is 9.50. The standard InChI is InChI=1S/C53H58N8O5/c1-36(62)59-25-26-61(53(65)50(57(2)3)42-13-8-5-9-14-42)48(35-59)45-31-43(33-54-45)39-18-16-37(17-19-39)38-20-22-41(23-21-38)46-34-55-51(56-46)47-15-10-24-60(47)52(64)44(40-11-6-4-7-12-40)32-49(63)58-27-29-66-30-28-58/h4-9,11-14,16-23,33-34,44,47-48,50H,10,15,24-32,35H2,1-3H3,(H,55,56)/t44-,47?,48?,50-/m1/s1. The third-order valence-electron chi connectivity index (χ3n) is 13.6. The Morgan fingerprint density at radius 2 is 1.33 bits per heavy atom. The van der Waals surface area contributed by atoms with Crippen LogP contribution in [0.5, 0.6) is 0 Å². The molecule has 4 atom stereocenters. The monoisotopic (exact) mass is 886 g/mol. The van der Waals surface area contributed by atoms with Gasteiger partial charge in [0.15, 0.2) is 0 Å². The lowest BCUT2D eigenvalue weighted by atomic mass is 9.93. The molecule has 5 aromatic rings. The van der Waals surface area contributed by atoms with E-state index in [0.29, 0.717) is 58.9 Å². The number of imidazole rings is 1. The highest BCUT2D eigenvalue weighted by atomic mass is 16.5. The van der Waals surface area contributed by atoms with Crippen LogP contribution in [0.3, 0.4) is 0 Å². The Hall–Kier alpha value is -6.70. The fraction of sp³-hybridized carbons (Fsp3) is 0.358. The number of allylic oxidation sites excluding steroid dienone is 1. The Labute approximate surface area is 386 Å². The zero-order chi connectivity index (χ0) is 45.7. The van der Waals surface area contributed by atoms with Crippen molar-refractivity contribution in [1.82, 2.24) is 34.5 Å². The van der Waals surface area contributed by atoms with Gasteiger partial charge in [0.25, 0.3) is 0 Å². The maximum absolute atomic E-state index is 14.4. The molecule has 0 saturated carbocycles. The summed E-state index contributed by atoms with van der Waals surface area (Å²) < 4.78 is 5.46. The van der Waals surface area contributed by atoms with E-state index in [1.54, 1.807) is 6.92 Å². The van der Waals surface area contributed by atoms with Crippen LogP contribution in [-0.2, 0) is 23.9 Å². The maximum Gasteiger partial charge on any atom is 0.245 e. The number of aliphatic imine (C=N–C) groups is 1. The van der Waals surface area contributed by atoms with E-state index in [-0.39, 0.29) is 42.1 Å². The molecule has 13 nitrogen and oxygen atoms in total. The molecular weight excluding hydrogens is 829 g/mol. The molecule has 1 aromatic heterocycles. The molecule has 0 spiro atoms. The lowest BCUT2D eigenvalue weighted by Gasteiger charge is -2.43. The van der Waals surface area contributed by atoms with E-state index in [4.69, 9.17) is 14.7 Å². The number of likely N-dealkylation sites (tertiary alicyclic amines) is 1. The Morgan fingerprint density at radius 1 is 0.712 bits per heavy atom. The molecule has 4 amide bonds. The summed E-state index contributed by atoms with van der Waals surface area (Å²) in [5.74, 6) is 0.108. The van der Waals surface area contributed by atoms with Gasteiger partial charge in [-0.25, -0.2) is 4.98 Å². The molecule has 0 radical (unpaired) electrons. The number of rotatable bonds is 12. The van der Waals surface area contributed by atoms with Gasteiger partial charge in [0.05, 0.1) is 43.1 Å². The summed E-state index contributed by atoms with van der Waals surface area (Å²) in [5.41, 5.74) is 8.81. The van der Waals surface area contributed by atoms with Crippen molar-refractivity contribution in [3.05, 3.63) is 144 Å². The number of likely N-dealkylation sites (N-methyl/N-ethyl adjacent to an activating group) is 1. The second-order valence-corrected chi connectivity index (χ2v) is 17.9. The molecule has 0 aliphatic carbocycles. The van der Waals surface area contributed by atoms with Crippen LogP contribution < -0.4 is 0 Å². The molecule has 9 rings (SSSR count). The van der Waals surface area contributed by atoms with E-state index in [0.717, 1.165) is 69.0 Å². The van der Waals surface area contributed by atoms with Crippen molar-refractivity contribution in [2.75, 3.05) is 66.6 Å². The highest BCUT2D eigenvalue weighted by Gasteiger charge is 2.40. The SMILES string of the molecule is CC(=O)N1CCN(C(=O)[C@@H](c2ccccc2)N(C)C)C(C2=NC=C(c3ccc(-c4ccc(-c5cnc(C6CCCN6C(=O)[C@H](CC(=O)N6CCOCC6)c6ccccc6)[nH]5)cc4)cc3)C2)C1. The van der Waals surface area contributed by atoms with Gasteiger partial charge in [-0.15, -0.1) is 0 Å². The van der Waals surface area contributed by atoms with Crippen molar-refractivity contribution in [2.45, 2.75) is 56.7 Å². The van der Waals surface area contributed by atoms with Gasteiger partial charge in [-0.05, 0) is 65.9 Å². The number of nitrogens with one attached hydrogen (secondary N) is 1. The zero-order valence-corrected chi connectivity index (χ0v) is 38.0. The summed E-state index contributed by atoms with van der Waals surface area (Å²) in [6.45, 7) is 5.67. The summed E-state index contributed by atoms with van der Waals surface area (Å²) in [6.07, 6.45) is 6.11. The minimum Gasteiger partial charge on any atom is -0.378 e. The molecule has 2 unspecified atom stereocenters. The summed E-state index contributed by atoms with van der Waals surface area (Å²) >= 11 is 0. The number of hydrogen-bond donors (Lipinski definition) is 1. The number of ether oxygens (including phenoxy) is 1. The van der Waals surface area contributed by atoms with E-state index >= 15 is 0 Å². The van der Waals surface area contributed by atoms with Gasteiger partial charge in [0, 0.05) is 70.9 Å². The van der Waals surface area contributed by atoms with Crippen molar-refractivity contribution in [2.24, 2.45) is 4.99 Å². The zero-order valence-electron chi connectivity index (χ0n) is 38.0. The summed E-state index contributed by atoms with van der Waals surface area (Å²) in [6, 6.07) is 35.4. The first-order valence-corrected chi connectivity index (χ1v) is 23.1. The van der Waals surface area contributed by atoms with E-state index in [1.165, 1.54) is 0 Å². The molecule has 4 aliphatic heterocycles. The lowest BCUT2D eigenvalue weighted by Crippen LogP contribution is -2.60. The average molecular weight is 887 g/mol. The van der Waals surface area contributed by atoms with Crippen LogP contribution >= 0.6 is 0 Å². The number of aromatic nitrogens is 2. The van der Waals surface area contributed by atoms with E-state index in [1.807, 2.05) is 112 Å². The Bertz CT molecular complexity index is 2590. The Morgan fingerprint density at radius 3 is 1.98 bits per heavy atom. The molecule has 66 heavy (non-hydrogen) atoms. The minimum absolute atomic E-state index is 0.00304. The topological polar surface area (TPSA) is 135 Å². The number of carbonyl (C=O) groups excluding carboxylic acids is 4. The maximum atomic E-state index is 14.4. The van der Waals surface area contributed by atoms with Crippen LogP contribution in [0.4, 0.5) is 0 Å². The largest absolute Gasteiger partial charge is 0.378 e. The lowest BCUT2D eigenvalue weighted by molar-refractivity contribution is -0.143. The van der Waals surface area contributed by atoms with Gasteiger partial charge in [-0.2, -0.15) is 0 Å². The number of H-pyrrole nitrogens is 1. The molecule has 3 saturated heterocycles. The Balaban J connectivity index is 0.850. The fourth-order valence-electron chi connectivity index (χ4n) is 9.94. The van der Waals surface area contributed by atoms with Gasteiger partial charge in [0.1, 0.15) is 11.9 Å². The van der Waals surface area contributed by atoms with Gasteiger partial charge >= 0.3 is 0 Å². The van der Waals surface area contributed by atoms with Gasteiger partial charge in [0.2, 0.25) is 23.6 Å². The number of piperazine rings is 1. The average Bonchev–Trinajstić information content (AvgIpc) is 4.16.